The maximum Gasteiger partial charge on any atom is 0.257 e. The van der Waals surface area contributed by atoms with Crippen molar-refractivity contribution in [3.05, 3.63) is 88.1 Å². The highest BCUT2D eigenvalue weighted by molar-refractivity contribution is 6.33. The van der Waals surface area contributed by atoms with Gasteiger partial charge in [-0.1, -0.05) is 34.0 Å². The van der Waals surface area contributed by atoms with Crippen molar-refractivity contribution in [3.8, 4) is 17.0 Å². The summed E-state index contributed by atoms with van der Waals surface area (Å²) in [7, 11) is 5.38. The molecule has 218 valence electrons. The van der Waals surface area contributed by atoms with Gasteiger partial charge < -0.3 is 35.3 Å². The molecule has 4 rings (SSSR count). The molecule has 4 N–H and O–H groups in total. The van der Waals surface area contributed by atoms with Gasteiger partial charge in [0.05, 0.1) is 29.7 Å². The zero-order valence-corrected chi connectivity index (χ0v) is 24.3. The highest BCUT2D eigenvalue weighted by atomic mass is 35.5. The number of benzene rings is 3. The predicted molar refractivity (Wildman–Crippen MR) is 164 cm³/mol. The van der Waals surface area contributed by atoms with E-state index in [0.717, 1.165) is 5.69 Å². The maximum atomic E-state index is 13.1. The van der Waals surface area contributed by atoms with Crippen LogP contribution in [0.15, 0.2) is 70.3 Å². The fraction of sp³-hybridized carbons (Fsp3) is 0.200. The average Bonchev–Trinajstić information content (AvgIpc) is 3.38. The third kappa shape index (κ3) is 6.81. The Labute approximate surface area is 248 Å². The number of aryl methyl sites for hydroxylation is 1. The number of halogens is 1. The van der Waals surface area contributed by atoms with Crippen molar-refractivity contribution in [2.75, 3.05) is 49.8 Å². The number of para-hydroxylation sites is 1. The van der Waals surface area contributed by atoms with E-state index in [2.05, 4.69) is 26.3 Å². The van der Waals surface area contributed by atoms with Crippen molar-refractivity contribution in [3.63, 3.8) is 0 Å². The van der Waals surface area contributed by atoms with Crippen LogP contribution in [0.25, 0.3) is 11.3 Å². The maximum absolute atomic E-state index is 13.1. The van der Waals surface area contributed by atoms with Crippen LogP contribution in [-0.2, 0) is 0 Å². The fourth-order valence-corrected chi connectivity index (χ4v) is 4.47. The first kappa shape index (κ1) is 29.9. The summed E-state index contributed by atoms with van der Waals surface area (Å²) in [6.45, 7) is 2.22. The molecule has 1 heterocycles. The van der Waals surface area contributed by atoms with Crippen LogP contribution in [0.1, 0.15) is 32.0 Å². The van der Waals surface area contributed by atoms with Gasteiger partial charge in [0.15, 0.2) is 0 Å². The molecule has 0 spiro atoms. The Kier molecular flexibility index (Phi) is 9.66. The normalized spacial score (nSPS) is 10.9. The lowest BCUT2D eigenvalue weighted by molar-refractivity contribution is 0.0953. The number of anilines is 3. The number of aromatic nitrogens is 1. The summed E-state index contributed by atoms with van der Waals surface area (Å²) in [5.74, 6) is 0.246. The fourth-order valence-electron chi connectivity index (χ4n) is 4.23. The molecule has 0 aliphatic heterocycles. The quantitative estimate of drug-likeness (QED) is 0.0800. The van der Waals surface area contributed by atoms with Crippen molar-refractivity contribution in [1.29, 1.82) is 0 Å². The van der Waals surface area contributed by atoms with Gasteiger partial charge in [0.25, 0.3) is 11.8 Å². The van der Waals surface area contributed by atoms with E-state index in [0.29, 0.717) is 62.4 Å². The molecule has 0 radical (unpaired) electrons. The number of carbonyl (C=O) groups excluding carboxylic acids is 2. The minimum atomic E-state index is -0.356. The van der Waals surface area contributed by atoms with Crippen LogP contribution in [0.5, 0.6) is 5.75 Å². The molecule has 42 heavy (non-hydrogen) atoms. The van der Waals surface area contributed by atoms with Crippen molar-refractivity contribution in [1.82, 2.24) is 10.5 Å². The van der Waals surface area contributed by atoms with E-state index in [1.165, 1.54) is 6.21 Å². The number of nitrogens with zero attached hydrogens (tertiary/aromatic N) is 3. The van der Waals surface area contributed by atoms with Crippen LogP contribution in [0, 0.1) is 6.92 Å². The smallest absolute Gasteiger partial charge is 0.257 e. The van der Waals surface area contributed by atoms with Crippen LogP contribution in [0.3, 0.4) is 0 Å². The first-order chi connectivity index (χ1) is 20.2. The number of hydrogen-bond acceptors (Lipinski definition) is 9. The van der Waals surface area contributed by atoms with E-state index in [1.807, 2.05) is 43.3 Å². The lowest BCUT2D eigenvalue weighted by Gasteiger charge is -2.15. The molecular formula is C30H31ClN6O5. The molecule has 1 aromatic heterocycles. The summed E-state index contributed by atoms with van der Waals surface area (Å²) < 4.78 is 10.7. The number of amides is 2. The molecule has 0 aliphatic rings. The van der Waals surface area contributed by atoms with Gasteiger partial charge in [0.2, 0.25) is 0 Å². The highest BCUT2D eigenvalue weighted by Crippen LogP contribution is 2.33. The van der Waals surface area contributed by atoms with Crippen molar-refractivity contribution in [2.45, 2.75) is 6.92 Å². The van der Waals surface area contributed by atoms with Gasteiger partial charge >= 0.3 is 0 Å². The second-order valence-corrected chi connectivity index (χ2v) is 9.81. The molecule has 0 unspecified atom stereocenters. The number of hydrogen-bond donors (Lipinski definition) is 4. The van der Waals surface area contributed by atoms with Crippen molar-refractivity contribution >= 4 is 46.7 Å². The summed E-state index contributed by atoms with van der Waals surface area (Å²) in [4.78, 5) is 28.0. The number of carbonyl (C=O) groups is 2. The molecule has 0 saturated heterocycles. The van der Waals surface area contributed by atoms with Crippen LogP contribution in [0.4, 0.5) is 17.1 Å². The van der Waals surface area contributed by atoms with Crippen molar-refractivity contribution in [2.24, 2.45) is 5.16 Å². The molecule has 0 bridgehead atoms. The molecule has 0 fully saturated rings. The number of oxime groups is 1. The van der Waals surface area contributed by atoms with Gasteiger partial charge in [-0.05, 0) is 55.5 Å². The minimum Gasteiger partial charge on any atom is -0.496 e. The van der Waals surface area contributed by atoms with Crippen LogP contribution in [0.2, 0.25) is 5.02 Å². The molecular weight excluding hydrogens is 560 g/mol. The number of rotatable bonds is 11. The van der Waals surface area contributed by atoms with E-state index >= 15 is 0 Å². The van der Waals surface area contributed by atoms with Crippen LogP contribution in [-0.4, -0.2) is 62.7 Å². The Morgan fingerprint density at radius 3 is 2.50 bits per heavy atom. The van der Waals surface area contributed by atoms with Crippen LogP contribution < -0.4 is 25.6 Å². The molecule has 0 atom stereocenters. The summed E-state index contributed by atoms with van der Waals surface area (Å²) in [6.07, 6.45) is 1.18. The van der Waals surface area contributed by atoms with Gasteiger partial charge in [-0.15, -0.1) is 0 Å². The van der Waals surface area contributed by atoms with E-state index < -0.39 is 0 Å². The second-order valence-electron chi connectivity index (χ2n) is 9.40. The van der Waals surface area contributed by atoms with Crippen molar-refractivity contribution < 1.29 is 24.1 Å². The molecule has 4 aromatic rings. The number of nitrogens with one attached hydrogen (secondary N) is 3. The molecule has 3 aromatic carbocycles. The number of methoxy groups -OCH3 is 1. The third-order valence-electron chi connectivity index (χ3n) is 6.41. The Hall–Kier alpha value is -5.03. The van der Waals surface area contributed by atoms with Gasteiger partial charge in [0.1, 0.15) is 22.8 Å². The Balaban J connectivity index is 1.44. The van der Waals surface area contributed by atoms with E-state index in [4.69, 9.17) is 26.1 Å². The van der Waals surface area contributed by atoms with E-state index in [9.17, 15) is 9.59 Å². The molecule has 2 amide bonds. The first-order valence-corrected chi connectivity index (χ1v) is 13.3. The molecule has 11 nitrogen and oxygen atoms in total. The molecule has 0 aliphatic carbocycles. The molecule has 12 heteroatoms. The Morgan fingerprint density at radius 2 is 1.81 bits per heavy atom. The zero-order valence-electron chi connectivity index (χ0n) is 23.6. The zero-order chi connectivity index (χ0) is 30.2. The third-order valence-corrected chi connectivity index (χ3v) is 6.72. The van der Waals surface area contributed by atoms with E-state index in [1.54, 1.807) is 50.4 Å². The summed E-state index contributed by atoms with van der Waals surface area (Å²) in [6, 6.07) is 17.6. The average molecular weight is 591 g/mol. The summed E-state index contributed by atoms with van der Waals surface area (Å²) >= 11 is 6.46. The topological polar surface area (TPSA) is 141 Å². The lowest BCUT2D eigenvalue weighted by Crippen LogP contribution is -2.29. The van der Waals surface area contributed by atoms with Gasteiger partial charge in [0, 0.05) is 49.6 Å². The van der Waals surface area contributed by atoms with Gasteiger partial charge in [-0.25, -0.2) is 0 Å². The second kappa shape index (κ2) is 13.6. The monoisotopic (exact) mass is 590 g/mol. The Bertz CT molecular complexity index is 1600. The molecule has 0 saturated carbocycles. The SMILES string of the molecule is COc1ccccc1-c1noc(C)c1C(=O)NCCNc1cc(NC(=O)c2ccc(N(C)C)cc2)c(/C=N/O)cc1Cl. The minimum absolute atomic E-state index is 0.241. The van der Waals surface area contributed by atoms with Gasteiger partial charge in [-0.3, -0.25) is 9.59 Å². The standard InChI is InChI=1S/C30H31ClN6O5/c1-18-27(28(36-42-18)22-7-5-6-8-26(22)41-4)30(39)33-14-13-32-25-16-24(20(17-34-40)15-23(25)31)35-29(38)19-9-11-21(12-10-19)37(2)3/h5-12,15-17,32,40H,13-14H2,1-4H3,(H,33,39)(H,35,38)/b34-17+. The summed E-state index contributed by atoms with van der Waals surface area (Å²) in [5, 5.41) is 25.5. The van der Waals surface area contributed by atoms with Crippen LogP contribution >= 0.6 is 11.6 Å². The first-order valence-electron chi connectivity index (χ1n) is 12.9. The van der Waals surface area contributed by atoms with E-state index in [-0.39, 0.29) is 18.4 Å². The summed E-state index contributed by atoms with van der Waals surface area (Å²) in [5.41, 5.74) is 4.05. The Morgan fingerprint density at radius 1 is 1.07 bits per heavy atom. The highest BCUT2D eigenvalue weighted by Gasteiger charge is 2.23. The lowest BCUT2D eigenvalue weighted by atomic mass is 10.0. The number of ether oxygens (including phenoxy) is 1. The largest absolute Gasteiger partial charge is 0.496 e. The predicted octanol–water partition coefficient (Wildman–Crippen LogP) is 5.28. The van der Waals surface area contributed by atoms with Gasteiger partial charge in [-0.2, -0.15) is 0 Å².